The molecule has 1 amide bonds. The third-order valence-corrected chi connectivity index (χ3v) is 6.25. The highest BCUT2D eigenvalue weighted by molar-refractivity contribution is 7.92. The molecule has 0 heterocycles. The third kappa shape index (κ3) is 6.11. The van der Waals surface area contributed by atoms with Crippen molar-refractivity contribution in [2.45, 2.75) is 24.1 Å². The second kappa shape index (κ2) is 9.63. The van der Waals surface area contributed by atoms with Crippen LogP contribution in [-0.4, -0.2) is 26.0 Å². The van der Waals surface area contributed by atoms with Crippen molar-refractivity contribution < 1.29 is 31.5 Å². The Kier molecular flexibility index (Phi) is 7.09. The van der Waals surface area contributed by atoms with Crippen LogP contribution in [0.15, 0.2) is 77.7 Å². The molecule has 3 rings (SSSR count). The fraction of sp³-hybridized carbons (Fsp3) is 0.174. The first-order chi connectivity index (χ1) is 15.5. The van der Waals surface area contributed by atoms with E-state index in [1.165, 1.54) is 36.4 Å². The van der Waals surface area contributed by atoms with E-state index < -0.39 is 33.8 Å². The Morgan fingerprint density at radius 1 is 1.00 bits per heavy atom. The van der Waals surface area contributed by atoms with E-state index in [-0.39, 0.29) is 22.6 Å². The molecule has 0 bridgehead atoms. The first-order valence-electron chi connectivity index (χ1n) is 9.79. The summed E-state index contributed by atoms with van der Waals surface area (Å²) in [7, 11) is -3.87. The number of carbonyl (C=O) groups is 1. The second-order valence-electron chi connectivity index (χ2n) is 7.29. The highest BCUT2D eigenvalue weighted by Crippen LogP contribution is 2.30. The van der Waals surface area contributed by atoms with Crippen molar-refractivity contribution >= 4 is 21.6 Å². The van der Waals surface area contributed by atoms with Crippen LogP contribution in [0, 0.1) is 6.92 Å². The van der Waals surface area contributed by atoms with Gasteiger partial charge < -0.3 is 10.4 Å². The number of anilines is 1. The second-order valence-corrected chi connectivity index (χ2v) is 8.98. The van der Waals surface area contributed by atoms with Crippen molar-refractivity contribution in [2.75, 3.05) is 11.3 Å². The fourth-order valence-corrected chi connectivity index (χ4v) is 4.14. The third-order valence-electron chi connectivity index (χ3n) is 4.87. The molecule has 0 aliphatic heterocycles. The number of aliphatic hydroxyl groups excluding tert-OH is 1. The zero-order valence-electron chi connectivity index (χ0n) is 17.4. The molecular formula is C23H21F3N2O4S. The van der Waals surface area contributed by atoms with Crippen LogP contribution in [-0.2, 0) is 16.2 Å². The van der Waals surface area contributed by atoms with E-state index in [2.05, 4.69) is 10.0 Å². The summed E-state index contributed by atoms with van der Waals surface area (Å²) in [5.74, 6) is -0.614. The van der Waals surface area contributed by atoms with Crippen molar-refractivity contribution in [1.29, 1.82) is 0 Å². The number of aryl methyl sites for hydroxylation is 1. The number of aliphatic hydroxyl groups is 1. The van der Waals surface area contributed by atoms with Crippen LogP contribution in [0.25, 0.3) is 0 Å². The lowest BCUT2D eigenvalue weighted by Crippen LogP contribution is -2.28. The van der Waals surface area contributed by atoms with E-state index in [4.69, 9.17) is 0 Å². The molecule has 3 aromatic carbocycles. The Hall–Kier alpha value is -3.37. The van der Waals surface area contributed by atoms with Gasteiger partial charge in [-0.3, -0.25) is 9.52 Å². The first-order valence-corrected chi connectivity index (χ1v) is 11.3. The number of carbonyl (C=O) groups excluding carboxylic acids is 1. The molecule has 1 unspecified atom stereocenters. The fourth-order valence-electron chi connectivity index (χ4n) is 3.01. The van der Waals surface area contributed by atoms with Crippen LogP contribution in [0.5, 0.6) is 0 Å². The molecule has 0 radical (unpaired) electrons. The van der Waals surface area contributed by atoms with E-state index in [1.54, 1.807) is 31.2 Å². The SMILES string of the molecule is Cc1ccccc1NS(=O)(=O)c1ccc(C(=O)NCC(O)c2cccc(C(F)(F)F)c2)cc1. The molecule has 0 aromatic heterocycles. The summed E-state index contributed by atoms with van der Waals surface area (Å²) < 4.78 is 66.1. The Morgan fingerprint density at radius 3 is 2.30 bits per heavy atom. The van der Waals surface area contributed by atoms with E-state index in [0.29, 0.717) is 5.69 Å². The molecule has 0 spiro atoms. The molecule has 174 valence electrons. The van der Waals surface area contributed by atoms with E-state index in [1.807, 2.05) is 0 Å². The number of alkyl halides is 3. The van der Waals surface area contributed by atoms with Gasteiger partial charge >= 0.3 is 6.18 Å². The smallest absolute Gasteiger partial charge is 0.387 e. The number of amides is 1. The Balaban J connectivity index is 1.64. The maximum Gasteiger partial charge on any atom is 0.416 e. The highest BCUT2D eigenvalue weighted by atomic mass is 32.2. The van der Waals surface area contributed by atoms with Gasteiger partial charge in [-0.25, -0.2) is 8.42 Å². The number of rotatable bonds is 7. The van der Waals surface area contributed by atoms with Gasteiger partial charge in [-0.15, -0.1) is 0 Å². The largest absolute Gasteiger partial charge is 0.416 e. The average molecular weight is 478 g/mol. The van der Waals surface area contributed by atoms with Gasteiger partial charge in [-0.1, -0.05) is 30.3 Å². The molecule has 0 saturated heterocycles. The van der Waals surface area contributed by atoms with Crippen LogP contribution in [0.1, 0.15) is 33.2 Å². The molecular weight excluding hydrogens is 457 g/mol. The minimum Gasteiger partial charge on any atom is -0.387 e. The topological polar surface area (TPSA) is 95.5 Å². The molecule has 3 aromatic rings. The van der Waals surface area contributed by atoms with Gasteiger partial charge in [-0.2, -0.15) is 13.2 Å². The summed E-state index contributed by atoms with van der Waals surface area (Å²) in [5.41, 5.74) is 0.413. The molecule has 33 heavy (non-hydrogen) atoms. The van der Waals surface area contributed by atoms with Crippen LogP contribution < -0.4 is 10.0 Å². The van der Waals surface area contributed by atoms with Crippen LogP contribution >= 0.6 is 0 Å². The number of sulfonamides is 1. The van der Waals surface area contributed by atoms with E-state index >= 15 is 0 Å². The van der Waals surface area contributed by atoms with Gasteiger partial charge in [0.1, 0.15) is 0 Å². The molecule has 0 saturated carbocycles. The number of para-hydroxylation sites is 1. The Morgan fingerprint density at radius 2 is 1.67 bits per heavy atom. The number of nitrogens with one attached hydrogen (secondary N) is 2. The summed E-state index contributed by atoms with van der Waals surface area (Å²) in [6, 6.07) is 16.2. The van der Waals surface area contributed by atoms with Crippen molar-refractivity contribution in [3.8, 4) is 0 Å². The summed E-state index contributed by atoms with van der Waals surface area (Å²) in [4.78, 5) is 12.3. The first kappa shape index (κ1) is 24.3. The van der Waals surface area contributed by atoms with Gasteiger partial charge in [0, 0.05) is 12.1 Å². The van der Waals surface area contributed by atoms with Crippen molar-refractivity contribution in [3.05, 3.63) is 95.1 Å². The molecule has 10 heteroatoms. The van der Waals surface area contributed by atoms with Gasteiger partial charge in [0.15, 0.2) is 0 Å². The number of hydrogen-bond donors (Lipinski definition) is 3. The minimum atomic E-state index is -4.55. The average Bonchev–Trinajstić information content (AvgIpc) is 2.78. The molecule has 0 aliphatic rings. The van der Waals surface area contributed by atoms with Crippen LogP contribution in [0.3, 0.4) is 0 Å². The zero-order valence-corrected chi connectivity index (χ0v) is 18.2. The number of halogens is 3. The number of benzene rings is 3. The minimum absolute atomic E-state index is 0.00819. The van der Waals surface area contributed by atoms with Crippen molar-refractivity contribution in [3.63, 3.8) is 0 Å². The quantitative estimate of drug-likeness (QED) is 0.473. The van der Waals surface area contributed by atoms with Gasteiger partial charge in [0.25, 0.3) is 15.9 Å². The predicted molar refractivity (Wildman–Crippen MR) is 117 cm³/mol. The zero-order chi connectivity index (χ0) is 24.2. The highest BCUT2D eigenvalue weighted by Gasteiger charge is 2.30. The van der Waals surface area contributed by atoms with Crippen molar-refractivity contribution in [2.24, 2.45) is 0 Å². The van der Waals surface area contributed by atoms with E-state index in [0.717, 1.165) is 17.7 Å². The monoisotopic (exact) mass is 478 g/mol. The summed E-state index contributed by atoms with van der Waals surface area (Å²) >= 11 is 0. The molecule has 3 N–H and O–H groups in total. The molecule has 0 fully saturated rings. The lowest BCUT2D eigenvalue weighted by molar-refractivity contribution is -0.137. The van der Waals surface area contributed by atoms with Crippen molar-refractivity contribution in [1.82, 2.24) is 5.32 Å². The van der Waals surface area contributed by atoms with Crippen LogP contribution in [0.2, 0.25) is 0 Å². The molecule has 0 aliphatic carbocycles. The summed E-state index contributed by atoms with van der Waals surface area (Å²) in [5, 5.41) is 12.6. The Bertz CT molecular complexity index is 1240. The van der Waals surface area contributed by atoms with Crippen LogP contribution in [0.4, 0.5) is 18.9 Å². The maximum atomic E-state index is 12.8. The lowest BCUT2D eigenvalue weighted by Gasteiger charge is -2.15. The normalized spacial score (nSPS) is 12.8. The lowest BCUT2D eigenvalue weighted by atomic mass is 10.1. The molecule has 6 nitrogen and oxygen atoms in total. The standard InChI is InChI=1S/C23H21F3N2O4S/c1-15-5-2-3-8-20(15)28-33(31,32)19-11-9-16(10-12-19)22(30)27-14-21(29)17-6-4-7-18(13-17)23(24,25)26/h2-13,21,28-29H,14H2,1H3,(H,27,30). The van der Waals surface area contributed by atoms with Gasteiger partial charge in [0.05, 0.1) is 22.3 Å². The van der Waals surface area contributed by atoms with Gasteiger partial charge in [-0.05, 0) is 60.5 Å². The predicted octanol–water partition coefficient (Wildman–Crippen LogP) is 4.28. The van der Waals surface area contributed by atoms with E-state index in [9.17, 15) is 31.5 Å². The number of hydrogen-bond acceptors (Lipinski definition) is 4. The Labute approximate surface area is 189 Å². The van der Waals surface area contributed by atoms with Gasteiger partial charge in [0.2, 0.25) is 0 Å². The molecule has 1 atom stereocenters. The summed E-state index contributed by atoms with van der Waals surface area (Å²) in [6.07, 6.45) is -5.90. The maximum absolute atomic E-state index is 12.8. The summed E-state index contributed by atoms with van der Waals surface area (Å²) in [6.45, 7) is 1.44.